The van der Waals surface area contributed by atoms with Gasteiger partial charge >= 0.3 is 11.9 Å². The van der Waals surface area contributed by atoms with E-state index in [1.807, 2.05) is 0 Å². The summed E-state index contributed by atoms with van der Waals surface area (Å²) in [6, 6.07) is 0. The lowest BCUT2D eigenvalue weighted by Crippen LogP contribution is -2.35. The molecule has 0 bridgehead atoms. The van der Waals surface area contributed by atoms with E-state index in [-0.39, 0.29) is 37.6 Å². The second-order valence-corrected chi connectivity index (χ2v) is 5.62. The summed E-state index contributed by atoms with van der Waals surface area (Å²) in [6.45, 7) is 1.07. The van der Waals surface area contributed by atoms with Crippen LogP contribution in [-0.2, 0) is 14.3 Å². The summed E-state index contributed by atoms with van der Waals surface area (Å²) in [6.07, 6.45) is 2.02. The Morgan fingerprint density at radius 2 is 1.58 bits per heavy atom. The molecule has 0 saturated heterocycles. The molecule has 0 amide bonds. The monoisotopic (exact) mass is 274 g/mol. The van der Waals surface area contributed by atoms with Gasteiger partial charge in [-0.15, -0.1) is 0 Å². The maximum absolute atomic E-state index is 11.8. The second kappa shape index (κ2) is 6.86. The van der Waals surface area contributed by atoms with Crippen LogP contribution in [-0.4, -0.2) is 47.1 Å². The first-order valence-corrected chi connectivity index (χ1v) is 6.53. The topological polar surface area (TPSA) is 104 Å². The van der Waals surface area contributed by atoms with Gasteiger partial charge in [0.1, 0.15) is 6.61 Å². The van der Waals surface area contributed by atoms with E-state index in [1.165, 1.54) is 0 Å². The highest BCUT2D eigenvalue weighted by atomic mass is 16.5. The van der Waals surface area contributed by atoms with Gasteiger partial charge in [0.2, 0.25) is 0 Å². The van der Waals surface area contributed by atoms with Crippen LogP contribution in [0.3, 0.4) is 0 Å². The normalized spacial score (nSPS) is 23.9. The third-order valence-corrected chi connectivity index (χ3v) is 3.74. The Hall–Kier alpha value is -1.14. The van der Waals surface area contributed by atoms with Crippen molar-refractivity contribution in [2.24, 2.45) is 17.3 Å². The van der Waals surface area contributed by atoms with Crippen LogP contribution < -0.4 is 0 Å². The smallest absolute Gasteiger partial charge is 0.308 e. The number of carboxylic acids is 1. The van der Waals surface area contributed by atoms with E-state index < -0.39 is 11.4 Å². The van der Waals surface area contributed by atoms with E-state index in [1.54, 1.807) is 6.92 Å². The summed E-state index contributed by atoms with van der Waals surface area (Å²) in [5, 5.41) is 27.0. The van der Waals surface area contributed by atoms with Crippen LogP contribution in [0.5, 0.6) is 0 Å². The molecule has 1 aliphatic carbocycles. The molecule has 3 N–H and O–H groups in total. The van der Waals surface area contributed by atoms with Gasteiger partial charge in [0, 0.05) is 5.41 Å². The van der Waals surface area contributed by atoms with Crippen molar-refractivity contribution >= 4 is 11.9 Å². The highest BCUT2D eigenvalue weighted by Gasteiger charge is 2.32. The van der Waals surface area contributed by atoms with Gasteiger partial charge in [-0.25, -0.2) is 0 Å². The molecule has 0 aliphatic heterocycles. The number of carboxylic acid groups (broad SMARTS) is 1. The average molecular weight is 274 g/mol. The lowest BCUT2D eigenvalue weighted by molar-refractivity contribution is -0.157. The fraction of sp³-hybridized carbons (Fsp3) is 0.846. The van der Waals surface area contributed by atoms with Crippen LogP contribution in [0.15, 0.2) is 0 Å². The Kier molecular flexibility index (Phi) is 5.75. The van der Waals surface area contributed by atoms with Crippen molar-refractivity contribution in [1.29, 1.82) is 0 Å². The van der Waals surface area contributed by atoms with Crippen LogP contribution >= 0.6 is 0 Å². The van der Waals surface area contributed by atoms with E-state index in [0.29, 0.717) is 25.7 Å². The lowest BCUT2D eigenvalue weighted by atomic mass is 9.82. The van der Waals surface area contributed by atoms with Crippen molar-refractivity contribution in [2.45, 2.75) is 32.6 Å². The van der Waals surface area contributed by atoms with Crippen molar-refractivity contribution in [3.8, 4) is 0 Å². The van der Waals surface area contributed by atoms with Crippen molar-refractivity contribution in [2.75, 3.05) is 19.8 Å². The minimum absolute atomic E-state index is 0.0301. The van der Waals surface area contributed by atoms with E-state index in [2.05, 4.69) is 0 Å². The molecule has 0 atom stereocenters. The standard InChI is InChI=1S/C13H22O6/c1-13(6-14,7-15)8-19-12(18)10-4-2-9(3-5-10)11(16)17/h9-10,14-15H,2-8H2,1H3,(H,16,17). The van der Waals surface area contributed by atoms with Gasteiger partial charge < -0.3 is 20.1 Å². The molecule has 0 spiro atoms. The molecule has 1 fully saturated rings. The second-order valence-electron chi connectivity index (χ2n) is 5.62. The zero-order valence-electron chi connectivity index (χ0n) is 11.2. The third kappa shape index (κ3) is 4.47. The zero-order chi connectivity index (χ0) is 14.5. The maximum Gasteiger partial charge on any atom is 0.308 e. The molecule has 0 aromatic rings. The van der Waals surface area contributed by atoms with Crippen molar-refractivity contribution < 1.29 is 29.6 Å². The maximum atomic E-state index is 11.8. The van der Waals surface area contributed by atoms with Gasteiger partial charge in [-0.1, -0.05) is 6.92 Å². The summed E-state index contributed by atoms with van der Waals surface area (Å²) in [5.41, 5.74) is -0.825. The molecule has 0 unspecified atom stereocenters. The number of carbonyl (C=O) groups is 2. The quantitative estimate of drug-likeness (QED) is 0.606. The summed E-state index contributed by atoms with van der Waals surface area (Å²) >= 11 is 0. The number of ether oxygens (including phenoxy) is 1. The summed E-state index contributed by atoms with van der Waals surface area (Å²) < 4.78 is 5.12. The number of rotatable bonds is 6. The van der Waals surface area contributed by atoms with E-state index >= 15 is 0 Å². The van der Waals surface area contributed by atoms with Gasteiger partial charge in [-0.05, 0) is 25.7 Å². The lowest BCUT2D eigenvalue weighted by Gasteiger charge is -2.28. The minimum Gasteiger partial charge on any atom is -0.481 e. The Morgan fingerprint density at radius 3 is 2.00 bits per heavy atom. The third-order valence-electron chi connectivity index (χ3n) is 3.74. The molecule has 0 aromatic carbocycles. The Bertz CT molecular complexity index is 315. The fourth-order valence-corrected chi connectivity index (χ4v) is 2.08. The number of aliphatic hydroxyl groups is 2. The molecule has 1 saturated carbocycles. The van der Waals surface area contributed by atoms with Gasteiger partial charge in [0.25, 0.3) is 0 Å². The van der Waals surface area contributed by atoms with Crippen LogP contribution in [0.25, 0.3) is 0 Å². The Balaban J connectivity index is 2.38. The van der Waals surface area contributed by atoms with Crippen LogP contribution in [0.1, 0.15) is 32.6 Å². The fourth-order valence-electron chi connectivity index (χ4n) is 2.08. The molecule has 1 rings (SSSR count). The predicted octanol–water partition coefficient (Wildman–Crippen LogP) is 0.411. The first kappa shape index (κ1) is 15.9. The molecule has 6 nitrogen and oxygen atoms in total. The molecule has 0 heterocycles. The van der Waals surface area contributed by atoms with Crippen LogP contribution in [0, 0.1) is 17.3 Å². The molecule has 6 heteroatoms. The number of hydrogen-bond donors (Lipinski definition) is 3. The SMILES string of the molecule is CC(CO)(CO)COC(=O)C1CCC(C(=O)O)CC1. The number of aliphatic hydroxyl groups excluding tert-OH is 2. The van der Waals surface area contributed by atoms with E-state index in [9.17, 15) is 9.59 Å². The van der Waals surface area contributed by atoms with E-state index in [0.717, 1.165) is 0 Å². The summed E-state index contributed by atoms with van der Waals surface area (Å²) in [5.74, 6) is -1.79. The number of aliphatic carboxylic acids is 1. The van der Waals surface area contributed by atoms with Crippen molar-refractivity contribution in [3.05, 3.63) is 0 Å². The molecule has 0 aromatic heterocycles. The molecule has 110 valence electrons. The van der Waals surface area contributed by atoms with Crippen LogP contribution in [0.4, 0.5) is 0 Å². The van der Waals surface area contributed by atoms with Gasteiger partial charge in [0.15, 0.2) is 0 Å². The highest BCUT2D eigenvalue weighted by Crippen LogP contribution is 2.30. The number of hydrogen-bond acceptors (Lipinski definition) is 5. The van der Waals surface area contributed by atoms with Gasteiger partial charge in [0.05, 0.1) is 25.0 Å². The number of carbonyl (C=O) groups excluding carboxylic acids is 1. The number of esters is 1. The predicted molar refractivity (Wildman–Crippen MR) is 66.3 cm³/mol. The molecular weight excluding hydrogens is 252 g/mol. The van der Waals surface area contributed by atoms with Crippen molar-refractivity contribution in [3.63, 3.8) is 0 Å². The highest BCUT2D eigenvalue weighted by molar-refractivity contribution is 5.74. The summed E-state index contributed by atoms with van der Waals surface area (Å²) in [7, 11) is 0. The largest absolute Gasteiger partial charge is 0.481 e. The van der Waals surface area contributed by atoms with Crippen LogP contribution in [0.2, 0.25) is 0 Å². The first-order chi connectivity index (χ1) is 8.91. The summed E-state index contributed by atoms with van der Waals surface area (Å²) in [4.78, 5) is 22.6. The average Bonchev–Trinajstić information content (AvgIpc) is 2.44. The van der Waals surface area contributed by atoms with Gasteiger partial charge in [-0.2, -0.15) is 0 Å². The zero-order valence-corrected chi connectivity index (χ0v) is 11.2. The van der Waals surface area contributed by atoms with Gasteiger partial charge in [-0.3, -0.25) is 9.59 Å². The molecule has 1 aliphatic rings. The van der Waals surface area contributed by atoms with E-state index in [4.69, 9.17) is 20.1 Å². The molecule has 0 radical (unpaired) electrons. The van der Waals surface area contributed by atoms with Crippen molar-refractivity contribution in [1.82, 2.24) is 0 Å². The molecule has 19 heavy (non-hydrogen) atoms. The Morgan fingerprint density at radius 1 is 1.11 bits per heavy atom. The Labute approximate surface area is 112 Å². The first-order valence-electron chi connectivity index (χ1n) is 6.53. The molecular formula is C13H22O6. The minimum atomic E-state index is -0.825.